The van der Waals surface area contributed by atoms with Crippen LogP contribution in [0.5, 0.6) is 23.0 Å². The second-order valence-electron chi connectivity index (χ2n) is 13.6. The van der Waals surface area contributed by atoms with Gasteiger partial charge in [0.15, 0.2) is 0 Å². The van der Waals surface area contributed by atoms with Crippen LogP contribution in [0.4, 0.5) is 0 Å². The lowest BCUT2D eigenvalue weighted by molar-refractivity contribution is 0.292. The zero-order chi connectivity index (χ0) is 33.9. The molecule has 246 valence electrons. The summed E-state index contributed by atoms with van der Waals surface area (Å²) in [5, 5.41) is 43.8. The van der Waals surface area contributed by atoms with Gasteiger partial charge in [-0.25, -0.2) is 0 Å². The van der Waals surface area contributed by atoms with Gasteiger partial charge in [0, 0.05) is 72.6 Å². The van der Waals surface area contributed by atoms with Gasteiger partial charge in [-0.15, -0.1) is 0 Å². The largest absolute Gasteiger partial charge is 0.507 e. The summed E-state index contributed by atoms with van der Waals surface area (Å²) >= 11 is 0. The van der Waals surface area contributed by atoms with E-state index >= 15 is 0 Å². The average Bonchev–Trinajstić information content (AvgIpc) is 2.94. The Morgan fingerprint density at radius 3 is 0.783 bits per heavy atom. The van der Waals surface area contributed by atoms with Crippen LogP contribution in [0.15, 0.2) is 48.5 Å². The minimum atomic E-state index is 0.277. The van der Waals surface area contributed by atoms with Crippen LogP contribution in [0.1, 0.15) is 66.8 Å². The standard InChI is InChI=1S/C39H51N3O4/c1-24-10-28(5)36(43)30(12-24)18-40(7)20-32-14-26(3)16-34(38(32)45)22-42(9)23-35-17-27(4)15-33(39(35)46)21-41(8)19-31-13-25(2)11-29(6)37(31)44/h10-17,43-46H,18-23H2,1-9H3. The van der Waals surface area contributed by atoms with Crippen molar-refractivity contribution in [3.05, 3.63) is 115 Å². The molecule has 0 radical (unpaired) electrons. The molecular weight excluding hydrogens is 574 g/mol. The van der Waals surface area contributed by atoms with Crippen molar-refractivity contribution < 1.29 is 20.4 Å². The Morgan fingerprint density at radius 1 is 0.348 bits per heavy atom. The van der Waals surface area contributed by atoms with Crippen LogP contribution in [-0.2, 0) is 39.3 Å². The zero-order valence-electron chi connectivity index (χ0n) is 29.0. The highest BCUT2D eigenvalue weighted by molar-refractivity contribution is 5.47. The van der Waals surface area contributed by atoms with E-state index in [0.29, 0.717) is 50.8 Å². The summed E-state index contributed by atoms with van der Waals surface area (Å²) < 4.78 is 0. The predicted octanol–water partition coefficient (Wildman–Crippen LogP) is 7.26. The first kappa shape index (κ1) is 34.8. The molecule has 0 heterocycles. The normalized spacial score (nSPS) is 11.7. The van der Waals surface area contributed by atoms with Crippen molar-refractivity contribution in [2.75, 3.05) is 21.1 Å². The van der Waals surface area contributed by atoms with Gasteiger partial charge in [-0.3, -0.25) is 14.7 Å². The number of phenolic OH excluding ortho intramolecular Hbond substituents is 4. The van der Waals surface area contributed by atoms with Gasteiger partial charge in [0.05, 0.1) is 0 Å². The van der Waals surface area contributed by atoms with Crippen LogP contribution in [-0.4, -0.2) is 56.3 Å². The molecule has 4 rings (SSSR count). The third-order valence-corrected chi connectivity index (χ3v) is 8.51. The summed E-state index contributed by atoms with van der Waals surface area (Å²) in [6.07, 6.45) is 0. The molecule has 0 aromatic heterocycles. The molecule has 0 saturated carbocycles. The van der Waals surface area contributed by atoms with Gasteiger partial charge in [0.1, 0.15) is 23.0 Å². The fraction of sp³-hybridized carbons (Fsp3) is 0.385. The maximum atomic E-state index is 11.3. The van der Waals surface area contributed by atoms with Crippen molar-refractivity contribution in [2.24, 2.45) is 0 Å². The number of rotatable bonds is 12. The Kier molecular flexibility index (Phi) is 11.0. The molecule has 0 unspecified atom stereocenters. The lowest BCUT2D eigenvalue weighted by atomic mass is 10.0. The molecule has 4 aromatic carbocycles. The second-order valence-corrected chi connectivity index (χ2v) is 13.6. The third-order valence-electron chi connectivity index (χ3n) is 8.51. The topological polar surface area (TPSA) is 90.6 Å². The maximum Gasteiger partial charge on any atom is 0.124 e. The van der Waals surface area contributed by atoms with Gasteiger partial charge in [0.25, 0.3) is 0 Å². The molecule has 0 fully saturated rings. The predicted molar refractivity (Wildman–Crippen MR) is 186 cm³/mol. The van der Waals surface area contributed by atoms with Gasteiger partial charge >= 0.3 is 0 Å². The van der Waals surface area contributed by atoms with E-state index in [-0.39, 0.29) is 11.5 Å². The van der Waals surface area contributed by atoms with Crippen molar-refractivity contribution >= 4 is 0 Å². The number of nitrogens with zero attached hydrogens (tertiary/aromatic N) is 3. The summed E-state index contributed by atoms with van der Waals surface area (Å²) in [4.78, 5) is 6.30. The molecule has 7 nitrogen and oxygen atoms in total. The minimum absolute atomic E-state index is 0.277. The molecule has 0 spiro atoms. The Labute approximate surface area is 275 Å². The molecule has 4 N–H and O–H groups in total. The van der Waals surface area contributed by atoms with Gasteiger partial charge < -0.3 is 20.4 Å². The van der Waals surface area contributed by atoms with E-state index in [9.17, 15) is 20.4 Å². The van der Waals surface area contributed by atoms with Gasteiger partial charge in [0.2, 0.25) is 0 Å². The van der Waals surface area contributed by atoms with E-state index in [1.807, 2.05) is 111 Å². The third kappa shape index (κ3) is 8.60. The van der Waals surface area contributed by atoms with E-state index in [1.165, 1.54) is 0 Å². The molecule has 0 amide bonds. The van der Waals surface area contributed by atoms with Gasteiger partial charge in [-0.05, 0) is 73.8 Å². The SMILES string of the molecule is Cc1cc(C)c(O)c(CN(C)Cc2cc(C)cc(CN(C)Cc3cc(C)cc(CN(C)Cc4cc(C)cc(C)c4O)c3O)c2O)c1. The average molecular weight is 626 g/mol. The first-order chi connectivity index (χ1) is 21.6. The second kappa shape index (κ2) is 14.6. The van der Waals surface area contributed by atoms with Crippen LogP contribution in [0.25, 0.3) is 0 Å². The smallest absolute Gasteiger partial charge is 0.124 e. The summed E-state index contributed by atoms with van der Waals surface area (Å²) in [5.74, 6) is 1.20. The molecule has 0 atom stereocenters. The van der Waals surface area contributed by atoms with Crippen molar-refractivity contribution in [1.82, 2.24) is 14.7 Å². The van der Waals surface area contributed by atoms with Crippen molar-refractivity contribution in [2.45, 2.75) is 80.8 Å². The first-order valence-electron chi connectivity index (χ1n) is 15.9. The number of benzene rings is 4. The van der Waals surface area contributed by atoms with Crippen LogP contribution < -0.4 is 0 Å². The minimum Gasteiger partial charge on any atom is -0.507 e. The van der Waals surface area contributed by atoms with Gasteiger partial charge in [-0.1, -0.05) is 70.8 Å². The number of hydrogen-bond donors (Lipinski definition) is 4. The lowest BCUT2D eigenvalue weighted by Crippen LogP contribution is -2.20. The fourth-order valence-corrected chi connectivity index (χ4v) is 6.60. The Balaban J connectivity index is 1.46. The van der Waals surface area contributed by atoms with E-state index in [4.69, 9.17) is 0 Å². The highest BCUT2D eigenvalue weighted by Gasteiger charge is 2.18. The Morgan fingerprint density at radius 2 is 0.543 bits per heavy atom. The lowest BCUT2D eigenvalue weighted by Gasteiger charge is -2.24. The highest BCUT2D eigenvalue weighted by atomic mass is 16.3. The summed E-state index contributed by atoms with van der Waals surface area (Å²) in [6, 6.07) is 16.0. The molecule has 0 aliphatic carbocycles. The maximum absolute atomic E-state index is 11.3. The van der Waals surface area contributed by atoms with Crippen molar-refractivity contribution in [1.29, 1.82) is 0 Å². The Hall–Kier alpha value is -4.04. The summed E-state index contributed by atoms with van der Waals surface area (Å²) in [7, 11) is 5.97. The number of aryl methyl sites for hydroxylation is 6. The van der Waals surface area contributed by atoms with E-state index in [1.54, 1.807) is 0 Å². The monoisotopic (exact) mass is 625 g/mol. The number of aromatic hydroxyl groups is 4. The molecular formula is C39H51N3O4. The van der Waals surface area contributed by atoms with Crippen LogP contribution in [0.2, 0.25) is 0 Å². The van der Waals surface area contributed by atoms with Crippen LogP contribution >= 0.6 is 0 Å². The molecule has 0 saturated heterocycles. The van der Waals surface area contributed by atoms with Crippen molar-refractivity contribution in [3.63, 3.8) is 0 Å². The quantitative estimate of drug-likeness (QED) is 0.132. The Bertz CT molecular complexity index is 1590. The first-order valence-corrected chi connectivity index (χ1v) is 15.9. The molecule has 46 heavy (non-hydrogen) atoms. The van der Waals surface area contributed by atoms with E-state index < -0.39 is 0 Å². The van der Waals surface area contributed by atoms with Gasteiger partial charge in [-0.2, -0.15) is 0 Å². The molecule has 0 bridgehead atoms. The van der Waals surface area contributed by atoms with E-state index in [2.05, 4.69) is 14.7 Å². The summed E-state index contributed by atoms with van der Waals surface area (Å²) in [6.45, 7) is 15.2. The number of hydrogen-bond acceptors (Lipinski definition) is 7. The molecule has 7 heteroatoms. The zero-order valence-corrected chi connectivity index (χ0v) is 29.0. The highest BCUT2D eigenvalue weighted by Crippen LogP contribution is 2.32. The fourth-order valence-electron chi connectivity index (χ4n) is 6.60. The summed E-state index contributed by atoms with van der Waals surface area (Å²) in [5.41, 5.74) is 11.2. The van der Waals surface area contributed by atoms with Crippen molar-refractivity contribution in [3.8, 4) is 23.0 Å². The van der Waals surface area contributed by atoms with E-state index in [0.717, 1.165) is 66.8 Å². The molecule has 0 aliphatic heterocycles. The van der Waals surface area contributed by atoms with Crippen LogP contribution in [0.3, 0.4) is 0 Å². The van der Waals surface area contributed by atoms with Crippen LogP contribution in [0, 0.1) is 41.5 Å². The number of phenols is 4. The molecule has 4 aromatic rings. The molecule has 0 aliphatic rings.